The average Bonchev–Trinajstić information content (AvgIpc) is 3.20. The number of nitrogens with zero attached hydrogens (tertiary/aromatic N) is 1. The highest BCUT2D eigenvalue weighted by molar-refractivity contribution is 6.09. The predicted octanol–water partition coefficient (Wildman–Crippen LogP) is 2.06. The summed E-state index contributed by atoms with van der Waals surface area (Å²) >= 11 is 0. The standard InChI is InChI=1S/C18H18FN3O4/c1-11(14-4-3-9-26-14)20-15(23)10-22-16(24)18(2,21-17(22)25)12-5-7-13(19)8-6-12/h3-9,11H,10H2,1-2H3,(H,20,23)(H,21,25). The summed E-state index contributed by atoms with van der Waals surface area (Å²) in [5, 5.41) is 5.24. The summed E-state index contributed by atoms with van der Waals surface area (Å²) in [4.78, 5) is 38.0. The molecule has 2 aromatic rings. The molecule has 2 N–H and O–H groups in total. The van der Waals surface area contributed by atoms with Crippen molar-refractivity contribution in [2.24, 2.45) is 0 Å². The fraction of sp³-hybridized carbons (Fsp3) is 0.278. The van der Waals surface area contributed by atoms with Gasteiger partial charge in [-0.25, -0.2) is 9.18 Å². The summed E-state index contributed by atoms with van der Waals surface area (Å²) in [7, 11) is 0. The molecule has 1 saturated heterocycles. The molecule has 136 valence electrons. The van der Waals surface area contributed by atoms with Crippen molar-refractivity contribution in [1.29, 1.82) is 0 Å². The molecule has 1 aliphatic heterocycles. The molecule has 3 rings (SSSR count). The Morgan fingerprint density at radius 3 is 2.62 bits per heavy atom. The summed E-state index contributed by atoms with van der Waals surface area (Å²) in [6.07, 6.45) is 1.49. The van der Waals surface area contributed by atoms with Crippen molar-refractivity contribution >= 4 is 17.8 Å². The van der Waals surface area contributed by atoms with E-state index in [9.17, 15) is 18.8 Å². The lowest BCUT2D eigenvalue weighted by molar-refractivity contribution is -0.135. The average molecular weight is 359 g/mol. The Morgan fingerprint density at radius 1 is 1.31 bits per heavy atom. The number of nitrogens with one attached hydrogen (secondary N) is 2. The molecule has 1 aromatic carbocycles. The zero-order valence-corrected chi connectivity index (χ0v) is 14.3. The molecule has 2 heterocycles. The van der Waals surface area contributed by atoms with Crippen LogP contribution in [-0.2, 0) is 15.1 Å². The van der Waals surface area contributed by atoms with Crippen LogP contribution in [0.4, 0.5) is 9.18 Å². The maximum atomic E-state index is 13.1. The van der Waals surface area contributed by atoms with Gasteiger partial charge in [-0.2, -0.15) is 0 Å². The number of carbonyl (C=O) groups excluding carboxylic acids is 3. The molecule has 0 saturated carbocycles. The highest BCUT2D eigenvalue weighted by Gasteiger charge is 2.49. The van der Waals surface area contributed by atoms with Crippen molar-refractivity contribution in [3.8, 4) is 0 Å². The van der Waals surface area contributed by atoms with E-state index in [2.05, 4.69) is 10.6 Å². The second kappa shape index (κ2) is 6.62. The van der Waals surface area contributed by atoms with Gasteiger partial charge in [-0.15, -0.1) is 0 Å². The maximum absolute atomic E-state index is 13.1. The topological polar surface area (TPSA) is 91.7 Å². The molecule has 2 atom stereocenters. The number of amides is 4. The van der Waals surface area contributed by atoms with Crippen molar-refractivity contribution < 1.29 is 23.2 Å². The van der Waals surface area contributed by atoms with Crippen molar-refractivity contribution in [2.45, 2.75) is 25.4 Å². The largest absolute Gasteiger partial charge is 0.467 e. The van der Waals surface area contributed by atoms with Gasteiger partial charge in [0.05, 0.1) is 12.3 Å². The van der Waals surface area contributed by atoms with Crippen LogP contribution in [0.5, 0.6) is 0 Å². The van der Waals surface area contributed by atoms with E-state index in [0.29, 0.717) is 11.3 Å². The van der Waals surface area contributed by atoms with E-state index < -0.39 is 41.8 Å². The summed E-state index contributed by atoms with van der Waals surface area (Å²) < 4.78 is 18.3. The van der Waals surface area contributed by atoms with Gasteiger partial charge in [0, 0.05) is 0 Å². The third kappa shape index (κ3) is 3.17. The summed E-state index contributed by atoms with van der Waals surface area (Å²) in [5.41, 5.74) is -0.915. The normalized spacial score (nSPS) is 20.8. The summed E-state index contributed by atoms with van der Waals surface area (Å²) in [6.45, 7) is 2.82. The van der Waals surface area contributed by atoms with E-state index in [-0.39, 0.29) is 0 Å². The first-order valence-electron chi connectivity index (χ1n) is 8.04. The summed E-state index contributed by atoms with van der Waals surface area (Å²) in [6, 6.07) is 7.60. The molecule has 0 spiro atoms. The zero-order valence-electron chi connectivity index (χ0n) is 14.3. The second-order valence-electron chi connectivity index (χ2n) is 6.26. The number of carbonyl (C=O) groups is 3. The molecular formula is C18H18FN3O4. The lowest BCUT2D eigenvalue weighted by Gasteiger charge is -2.22. The molecule has 0 radical (unpaired) electrons. The third-order valence-electron chi connectivity index (χ3n) is 4.35. The minimum absolute atomic E-state index is 0.401. The second-order valence-corrected chi connectivity index (χ2v) is 6.26. The number of rotatable bonds is 5. The highest BCUT2D eigenvalue weighted by Crippen LogP contribution is 2.28. The van der Waals surface area contributed by atoms with E-state index in [1.54, 1.807) is 19.1 Å². The van der Waals surface area contributed by atoms with Crippen LogP contribution in [0.1, 0.15) is 31.2 Å². The lowest BCUT2D eigenvalue weighted by Crippen LogP contribution is -2.43. The predicted molar refractivity (Wildman–Crippen MR) is 89.3 cm³/mol. The molecule has 0 bridgehead atoms. The molecule has 4 amide bonds. The molecule has 2 unspecified atom stereocenters. The highest BCUT2D eigenvalue weighted by atomic mass is 19.1. The Labute approximate surface area is 149 Å². The van der Waals surface area contributed by atoms with Crippen molar-refractivity contribution in [3.05, 3.63) is 59.8 Å². The van der Waals surface area contributed by atoms with E-state index >= 15 is 0 Å². The molecule has 26 heavy (non-hydrogen) atoms. The number of imide groups is 1. The fourth-order valence-electron chi connectivity index (χ4n) is 2.86. The van der Waals surface area contributed by atoms with E-state index in [0.717, 1.165) is 4.90 Å². The molecular weight excluding hydrogens is 341 g/mol. The van der Waals surface area contributed by atoms with Crippen LogP contribution in [0, 0.1) is 5.82 Å². The SMILES string of the molecule is CC(NC(=O)CN1C(=O)NC(C)(c2ccc(F)cc2)C1=O)c1ccco1. The Morgan fingerprint density at radius 2 is 2.00 bits per heavy atom. The van der Waals surface area contributed by atoms with Gasteiger partial charge in [0.15, 0.2) is 0 Å². The maximum Gasteiger partial charge on any atom is 0.325 e. The fourth-order valence-corrected chi connectivity index (χ4v) is 2.86. The number of hydrogen-bond acceptors (Lipinski definition) is 4. The first-order valence-corrected chi connectivity index (χ1v) is 8.04. The number of urea groups is 1. The van der Waals surface area contributed by atoms with Crippen LogP contribution in [0.25, 0.3) is 0 Å². The first kappa shape index (κ1) is 17.7. The molecule has 1 aromatic heterocycles. The van der Waals surface area contributed by atoms with Gasteiger partial charge < -0.3 is 15.1 Å². The lowest BCUT2D eigenvalue weighted by atomic mass is 9.92. The van der Waals surface area contributed by atoms with Gasteiger partial charge in [-0.1, -0.05) is 12.1 Å². The van der Waals surface area contributed by atoms with Gasteiger partial charge in [0.2, 0.25) is 5.91 Å². The molecule has 7 nitrogen and oxygen atoms in total. The Bertz CT molecular complexity index is 835. The Balaban J connectivity index is 1.71. The van der Waals surface area contributed by atoms with E-state index in [1.165, 1.54) is 37.5 Å². The van der Waals surface area contributed by atoms with Gasteiger partial charge in [0.1, 0.15) is 23.7 Å². The van der Waals surface area contributed by atoms with Crippen LogP contribution in [0.3, 0.4) is 0 Å². The number of hydrogen-bond donors (Lipinski definition) is 2. The van der Waals surface area contributed by atoms with Crippen molar-refractivity contribution in [1.82, 2.24) is 15.5 Å². The first-order chi connectivity index (χ1) is 12.3. The smallest absolute Gasteiger partial charge is 0.325 e. The Kier molecular flexibility index (Phi) is 4.50. The zero-order chi connectivity index (χ0) is 18.9. The van der Waals surface area contributed by atoms with Gasteiger partial charge in [-0.3, -0.25) is 14.5 Å². The molecule has 0 aliphatic carbocycles. The molecule has 8 heteroatoms. The van der Waals surface area contributed by atoms with Gasteiger partial charge in [0.25, 0.3) is 5.91 Å². The van der Waals surface area contributed by atoms with Crippen LogP contribution in [0.15, 0.2) is 47.1 Å². The van der Waals surface area contributed by atoms with E-state index in [4.69, 9.17) is 4.42 Å². The van der Waals surface area contributed by atoms with Crippen LogP contribution in [-0.4, -0.2) is 29.3 Å². The third-order valence-corrected chi connectivity index (χ3v) is 4.35. The number of furan rings is 1. The quantitative estimate of drug-likeness (QED) is 0.800. The molecule has 1 aliphatic rings. The summed E-state index contributed by atoms with van der Waals surface area (Å²) in [5.74, 6) is -0.959. The van der Waals surface area contributed by atoms with Crippen molar-refractivity contribution in [2.75, 3.05) is 6.54 Å². The van der Waals surface area contributed by atoms with Crippen LogP contribution < -0.4 is 10.6 Å². The molecule has 1 fully saturated rings. The minimum atomic E-state index is -1.35. The minimum Gasteiger partial charge on any atom is -0.467 e. The Hall–Kier alpha value is -3.16. The monoisotopic (exact) mass is 359 g/mol. The van der Waals surface area contributed by atoms with Crippen LogP contribution >= 0.6 is 0 Å². The number of halogens is 1. The van der Waals surface area contributed by atoms with E-state index in [1.807, 2.05) is 0 Å². The van der Waals surface area contributed by atoms with Crippen molar-refractivity contribution in [3.63, 3.8) is 0 Å². The number of benzene rings is 1. The van der Waals surface area contributed by atoms with Crippen LogP contribution in [0.2, 0.25) is 0 Å². The van der Waals surface area contributed by atoms with Gasteiger partial charge in [-0.05, 0) is 43.7 Å². The van der Waals surface area contributed by atoms with Gasteiger partial charge >= 0.3 is 6.03 Å².